The largest absolute Gasteiger partial charge is 0.287 e. The molecule has 0 fully saturated rings. The molecule has 2 heterocycles. The number of hydrogen-bond donors (Lipinski definition) is 0. The molecule has 3 aromatic rings. The molecule has 0 atom stereocenters. The van der Waals surface area contributed by atoms with Crippen molar-refractivity contribution in [3.05, 3.63) is 59.0 Å². The number of nitrogens with zero attached hydrogens (tertiary/aromatic N) is 3. The number of rotatable bonds is 1. The maximum atomic E-state index is 12.9. The van der Waals surface area contributed by atoms with Crippen molar-refractivity contribution >= 4 is 11.0 Å². The van der Waals surface area contributed by atoms with Gasteiger partial charge < -0.3 is 0 Å². The lowest BCUT2D eigenvalue weighted by molar-refractivity contribution is 0.387. The van der Waals surface area contributed by atoms with E-state index in [-0.39, 0.29) is 11.1 Å². The summed E-state index contributed by atoms with van der Waals surface area (Å²) in [5.74, 6) is 0.652. The summed E-state index contributed by atoms with van der Waals surface area (Å²) in [5, 5.41) is 0.548. The first-order valence-electron chi connectivity index (χ1n) is 6.92. The van der Waals surface area contributed by atoms with Crippen molar-refractivity contribution in [2.75, 3.05) is 0 Å². The van der Waals surface area contributed by atoms with Gasteiger partial charge in [0.05, 0.1) is 5.39 Å². The quantitative estimate of drug-likeness (QED) is 0.687. The van der Waals surface area contributed by atoms with Crippen LogP contribution in [0.3, 0.4) is 0 Å². The summed E-state index contributed by atoms with van der Waals surface area (Å²) in [6, 6.07) is 13.3. The van der Waals surface area contributed by atoms with Crippen LogP contribution in [0, 0.1) is 0 Å². The van der Waals surface area contributed by atoms with Crippen molar-refractivity contribution in [1.29, 1.82) is 0 Å². The van der Waals surface area contributed by atoms with Crippen molar-refractivity contribution in [3.8, 4) is 11.4 Å². The van der Waals surface area contributed by atoms with Gasteiger partial charge in [0, 0.05) is 17.3 Å². The number of hydrogen-bond acceptors (Lipinski definition) is 3. The zero-order valence-electron chi connectivity index (χ0n) is 12.4. The van der Waals surface area contributed by atoms with E-state index in [2.05, 4.69) is 9.97 Å². The Morgan fingerprint density at radius 1 is 1.00 bits per heavy atom. The van der Waals surface area contributed by atoms with Crippen LogP contribution in [0.1, 0.15) is 20.8 Å². The van der Waals surface area contributed by atoms with E-state index in [1.54, 1.807) is 22.9 Å². The topological polar surface area (TPSA) is 47.8 Å². The van der Waals surface area contributed by atoms with E-state index in [0.29, 0.717) is 16.9 Å². The molecule has 0 aliphatic rings. The first kappa shape index (κ1) is 13.5. The number of benzene rings is 1. The molecule has 0 unspecified atom stereocenters. The SMILES string of the molecule is CC(C)(C)n1c(-c2ccccc2)nc2ncccc2c1=O. The van der Waals surface area contributed by atoms with Gasteiger partial charge in [-0.25, -0.2) is 9.97 Å². The monoisotopic (exact) mass is 279 g/mol. The van der Waals surface area contributed by atoms with Crippen molar-refractivity contribution in [2.45, 2.75) is 26.3 Å². The molecule has 21 heavy (non-hydrogen) atoms. The van der Waals surface area contributed by atoms with Gasteiger partial charge in [0.25, 0.3) is 5.56 Å². The van der Waals surface area contributed by atoms with E-state index in [4.69, 9.17) is 0 Å². The minimum atomic E-state index is -0.362. The van der Waals surface area contributed by atoms with Crippen LogP contribution in [0.2, 0.25) is 0 Å². The summed E-state index contributed by atoms with van der Waals surface area (Å²) in [6.45, 7) is 6.01. The molecule has 0 amide bonds. The summed E-state index contributed by atoms with van der Waals surface area (Å²) < 4.78 is 1.74. The summed E-state index contributed by atoms with van der Waals surface area (Å²) >= 11 is 0. The van der Waals surface area contributed by atoms with Gasteiger partial charge in [-0.05, 0) is 32.9 Å². The van der Waals surface area contributed by atoms with Crippen molar-refractivity contribution in [1.82, 2.24) is 14.5 Å². The Bertz CT molecular complexity index is 845. The molecule has 4 heteroatoms. The molecule has 4 nitrogen and oxygen atoms in total. The van der Waals surface area contributed by atoms with E-state index in [1.165, 1.54) is 0 Å². The average Bonchev–Trinajstić information content (AvgIpc) is 2.46. The van der Waals surface area contributed by atoms with Gasteiger partial charge in [-0.3, -0.25) is 9.36 Å². The van der Waals surface area contributed by atoms with Gasteiger partial charge in [-0.1, -0.05) is 30.3 Å². The first-order valence-corrected chi connectivity index (χ1v) is 6.92. The fraction of sp³-hybridized carbons (Fsp3) is 0.235. The lowest BCUT2D eigenvalue weighted by atomic mass is 10.1. The first-order chi connectivity index (χ1) is 9.98. The van der Waals surface area contributed by atoms with Crippen LogP contribution >= 0.6 is 0 Å². The molecule has 0 aliphatic carbocycles. The van der Waals surface area contributed by atoms with E-state index < -0.39 is 0 Å². The summed E-state index contributed by atoms with van der Waals surface area (Å²) in [7, 11) is 0. The van der Waals surface area contributed by atoms with Crippen molar-refractivity contribution in [3.63, 3.8) is 0 Å². The van der Waals surface area contributed by atoms with E-state index in [0.717, 1.165) is 5.56 Å². The molecule has 2 aromatic heterocycles. The molecule has 0 radical (unpaired) electrons. The Morgan fingerprint density at radius 2 is 1.71 bits per heavy atom. The minimum absolute atomic E-state index is 0.0561. The molecule has 0 saturated heterocycles. The molecule has 1 aromatic carbocycles. The predicted octanol–water partition coefficient (Wildman–Crippen LogP) is 3.21. The van der Waals surface area contributed by atoms with Crippen molar-refractivity contribution in [2.24, 2.45) is 0 Å². The van der Waals surface area contributed by atoms with E-state index in [1.807, 2.05) is 51.1 Å². The lowest BCUT2D eigenvalue weighted by Gasteiger charge is -2.25. The highest BCUT2D eigenvalue weighted by Gasteiger charge is 2.22. The lowest BCUT2D eigenvalue weighted by Crippen LogP contribution is -2.36. The van der Waals surface area contributed by atoms with Crippen LogP contribution in [0.15, 0.2) is 53.5 Å². The third-order valence-electron chi connectivity index (χ3n) is 3.35. The molecule has 0 N–H and O–H groups in total. The molecular formula is C17H17N3O. The zero-order valence-corrected chi connectivity index (χ0v) is 12.4. The zero-order chi connectivity index (χ0) is 15.0. The van der Waals surface area contributed by atoms with Crippen LogP contribution in [-0.4, -0.2) is 14.5 Å². The molecule has 106 valence electrons. The molecular weight excluding hydrogens is 262 g/mol. The standard InChI is InChI=1S/C17H17N3O/c1-17(2,3)20-15(12-8-5-4-6-9-12)19-14-13(16(20)21)10-7-11-18-14/h4-11H,1-3H3. The Hall–Kier alpha value is -2.49. The minimum Gasteiger partial charge on any atom is -0.287 e. The van der Waals surface area contributed by atoms with Gasteiger partial charge in [0.2, 0.25) is 0 Å². The average molecular weight is 279 g/mol. The molecule has 0 spiro atoms. The van der Waals surface area contributed by atoms with Gasteiger partial charge in [-0.15, -0.1) is 0 Å². The Balaban J connectivity index is 2.45. The number of pyridine rings is 1. The van der Waals surface area contributed by atoms with Gasteiger partial charge in [0.1, 0.15) is 5.82 Å². The second kappa shape index (κ2) is 4.81. The summed E-state index contributed by atoms with van der Waals surface area (Å²) in [6.07, 6.45) is 1.66. The Kier molecular flexibility index (Phi) is 3.09. The van der Waals surface area contributed by atoms with Crippen molar-refractivity contribution < 1.29 is 0 Å². The predicted molar refractivity (Wildman–Crippen MR) is 84.2 cm³/mol. The highest BCUT2D eigenvalue weighted by Crippen LogP contribution is 2.23. The maximum Gasteiger partial charge on any atom is 0.263 e. The van der Waals surface area contributed by atoms with Crippen LogP contribution < -0.4 is 5.56 Å². The van der Waals surface area contributed by atoms with Crippen LogP contribution in [-0.2, 0) is 5.54 Å². The summed E-state index contributed by atoms with van der Waals surface area (Å²) in [4.78, 5) is 21.7. The fourth-order valence-corrected chi connectivity index (χ4v) is 2.42. The molecule has 0 aliphatic heterocycles. The van der Waals surface area contributed by atoms with Gasteiger partial charge in [-0.2, -0.15) is 0 Å². The molecule has 0 saturated carbocycles. The normalized spacial score (nSPS) is 11.8. The Labute approximate surface area is 123 Å². The van der Waals surface area contributed by atoms with E-state index in [9.17, 15) is 4.79 Å². The molecule has 3 rings (SSSR count). The van der Waals surface area contributed by atoms with Crippen LogP contribution in [0.25, 0.3) is 22.4 Å². The number of fused-ring (bicyclic) bond motifs is 1. The van der Waals surface area contributed by atoms with E-state index >= 15 is 0 Å². The van der Waals surface area contributed by atoms with Gasteiger partial charge >= 0.3 is 0 Å². The summed E-state index contributed by atoms with van der Waals surface area (Å²) in [5.41, 5.74) is 0.984. The molecule has 0 bridgehead atoms. The van der Waals surface area contributed by atoms with Crippen LogP contribution in [0.5, 0.6) is 0 Å². The Morgan fingerprint density at radius 3 is 2.38 bits per heavy atom. The van der Waals surface area contributed by atoms with Gasteiger partial charge in [0.15, 0.2) is 5.65 Å². The third kappa shape index (κ3) is 2.33. The highest BCUT2D eigenvalue weighted by molar-refractivity contribution is 5.76. The van der Waals surface area contributed by atoms with Crippen LogP contribution in [0.4, 0.5) is 0 Å². The highest BCUT2D eigenvalue weighted by atomic mass is 16.1. The fourth-order valence-electron chi connectivity index (χ4n) is 2.42. The second-order valence-electron chi connectivity index (χ2n) is 5.99. The second-order valence-corrected chi connectivity index (χ2v) is 5.99. The maximum absolute atomic E-state index is 12.9. The smallest absolute Gasteiger partial charge is 0.263 e. The number of aromatic nitrogens is 3. The third-order valence-corrected chi connectivity index (χ3v) is 3.35.